The van der Waals surface area contributed by atoms with Gasteiger partial charge < -0.3 is 2.85 Å². The van der Waals surface area contributed by atoms with Gasteiger partial charge in [0, 0.05) is 0 Å². The van der Waals surface area contributed by atoms with Crippen LogP contribution in [0.1, 0.15) is 118 Å². The summed E-state index contributed by atoms with van der Waals surface area (Å²) in [5, 5.41) is 2.93. The zero-order valence-corrected chi connectivity index (χ0v) is 23.9. The minimum atomic E-state index is 0. The van der Waals surface area contributed by atoms with Crippen LogP contribution in [-0.4, -0.2) is 48.9 Å². The summed E-state index contributed by atoms with van der Waals surface area (Å²) in [6.45, 7) is 4.60. The smallest absolute Gasteiger partial charge is 1.00 e. The molecule has 29 heavy (non-hydrogen) atoms. The van der Waals surface area contributed by atoms with Gasteiger partial charge in [0.05, 0.1) is 0 Å². The van der Waals surface area contributed by atoms with Crippen molar-refractivity contribution in [3.05, 3.63) is 47.5 Å². The molecule has 0 amide bonds. The molecule has 0 N–H and O–H groups in total. The summed E-state index contributed by atoms with van der Waals surface area (Å²) in [7, 11) is 0. The predicted octanol–water partition coefficient (Wildman–Crippen LogP) is 9.27. The Morgan fingerprint density at radius 1 is 0.552 bits per heavy atom. The van der Waals surface area contributed by atoms with Gasteiger partial charge in [0.15, 0.2) is 0 Å². The van der Waals surface area contributed by atoms with Gasteiger partial charge in [-0.25, -0.2) is 0 Å². The molecule has 0 atom stereocenters. The van der Waals surface area contributed by atoms with Crippen molar-refractivity contribution < 1.29 is 2.85 Å². The van der Waals surface area contributed by atoms with E-state index in [1.54, 1.807) is 11.1 Å². The summed E-state index contributed by atoms with van der Waals surface area (Å²) in [4.78, 5) is 0. The number of hydrogen-bond donors (Lipinski definition) is 0. The Hall–Kier alpha value is 0.271. The number of benzene rings is 2. The Bertz CT molecular complexity index is 657. The fraction of sp³-hybridized carbons (Fsp3) is 0.643. The molecule has 160 valence electrons. The molecule has 0 saturated carbocycles. The SMILES string of the molecule is CCCCCCCCCc1ccc2ccccc2c1CCCCCCCCC.[Ba+2].[H-].[H-]. The molecular formula is C28H46Ba. The number of fused-ring (bicyclic) bond motifs is 1. The first kappa shape index (κ1) is 27.3. The summed E-state index contributed by atoms with van der Waals surface area (Å²) in [6.07, 6.45) is 22.1. The number of unbranched alkanes of at least 4 members (excludes halogenated alkanes) is 12. The average Bonchev–Trinajstić information content (AvgIpc) is 2.73. The summed E-state index contributed by atoms with van der Waals surface area (Å²) in [5.41, 5.74) is 3.27. The molecule has 0 saturated heterocycles. The van der Waals surface area contributed by atoms with Crippen molar-refractivity contribution in [2.75, 3.05) is 0 Å². The largest absolute Gasteiger partial charge is 2.00 e. The van der Waals surface area contributed by atoms with Crippen molar-refractivity contribution in [1.29, 1.82) is 0 Å². The number of rotatable bonds is 16. The molecule has 2 aromatic carbocycles. The Morgan fingerprint density at radius 3 is 1.69 bits per heavy atom. The quantitative estimate of drug-likeness (QED) is 0.153. The van der Waals surface area contributed by atoms with Gasteiger partial charge in [-0.15, -0.1) is 0 Å². The second kappa shape index (κ2) is 17.9. The van der Waals surface area contributed by atoms with Crippen molar-refractivity contribution >= 4 is 59.7 Å². The maximum Gasteiger partial charge on any atom is 2.00 e. The van der Waals surface area contributed by atoms with Crippen molar-refractivity contribution in [2.24, 2.45) is 0 Å². The molecule has 2 rings (SSSR count). The molecule has 0 nitrogen and oxygen atoms in total. The first-order valence-electron chi connectivity index (χ1n) is 12.4. The minimum absolute atomic E-state index is 0. The third-order valence-electron chi connectivity index (χ3n) is 6.22. The van der Waals surface area contributed by atoms with Gasteiger partial charge in [-0.2, -0.15) is 0 Å². The topological polar surface area (TPSA) is 0 Å². The van der Waals surface area contributed by atoms with Crippen molar-refractivity contribution in [2.45, 2.75) is 117 Å². The Morgan fingerprint density at radius 2 is 1.07 bits per heavy atom. The second-order valence-corrected chi connectivity index (χ2v) is 8.67. The zero-order valence-electron chi connectivity index (χ0n) is 21.5. The molecule has 0 aliphatic carbocycles. The standard InChI is InChI=1S/C28H44.Ba.2H/c1-3-5-7-9-11-13-15-19-25-23-24-26-20-17-18-22-28(26)27(25)21-16-14-12-10-8-6-4-2;;;/h17-18,20,22-24H,3-16,19,21H2,1-2H3;;;/q;+2;2*-1. The fourth-order valence-corrected chi connectivity index (χ4v) is 4.44. The van der Waals surface area contributed by atoms with Gasteiger partial charge in [0.2, 0.25) is 0 Å². The maximum atomic E-state index is 2.43. The van der Waals surface area contributed by atoms with E-state index in [0.29, 0.717) is 0 Å². The van der Waals surface area contributed by atoms with Crippen LogP contribution < -0.4 is 0 Å². The van der Waals surface area contributed by atoms with Gasteiger partial charge in [-0.3, -0.25) is 0 Å². The zero-order chi connectivity index (χ0) is 19.9. The average molecular weight is 520 g/mol. The maximum absolute atomic E-state index is 2.43. The molecule has 0 spiro atoms. The first-order chi connectivity index (χ1) is 13.9. The van der Waals surface area contributed by atoms with Crippen molar-refractivity contribution in [1.82, 2.24) is 0 Å². The molecule has 1 heteroatoms. The molecule has 0 bridgehead atoms. The van der Waals surface area contributed by atoms with Gasteiger partial charge >= 0.3 is 48.9 Å². The van der Waals surface area contributed by atoms with Gasteiger partial charge in [-0.05, 0) is 47.6 Å². The predicted molar refractivity (Wildman–Crippen MR) is 135 cm³/mol. The van der Waals surface area contributed by atoms with Crippen LogP contribution in [0.4, 0.5) is 0 Å². The molecule has 0 fully saturated rings. The van der Waals surface area contributed by atoms with E-state index in [1.807, 2.05) is 0 Å². The molecule has 0 aliphatic heterocycles. The van der Waals surface area contributed by atoms with E-state index in [2.05, 4.69) is 50.2 Å². The van der Waals surface area contributed by atoms with E-state index in [9.17, 15) is 0 Å². The van der Waals surface area contributed by atoms with Crippen LogP contribution >= 0.6 is 0 Å². The monoisotopic (exact) mass is 520 g/mol. The van der Waals surface area contributed by atoms with Crippen LogP contribution in [0.15, 0.2) is 36.4 Å². The van der Waals surface area contributed by atoms with Gasteiger partial charge in [-0.1, -0.05) is 127 Å². The van der Waals surface area contributed by atoms with E-state index in [4.69, 9.17) is 0 Å². The van der Waals surface area contributed by atoms with Crippen LogP contribution in [-0.2, 0) is 12.8 Å². The molecule has 0 aromatic heterocycles. The summed E-state index contributed by atoms with van der Waals surface area (Å²) in [5.74, 6) is 0. The Kier molecular flexibility index (Phi) is 16.9. The van der Waals surface area contributed by atoms with Crippen LogP contribution in [0.2, 0.25) is 0 Å². The molecule has 0 aliphatic rings. The third kappa shape index (κ3) is 10.9. The summed E-state index contributed by atoms with van der Waals surface area (Å²) in [6, 6.07) is 13.8. The van der Waals surface area contributed by atoms with E-state index < -0.39 is 0 Å². The third-order valence-corrected chi connectivity index (χ3v) is 6.22. The minimum Gasteiger partial charge on any atom is -1.00 e. The molecule has 0 heterocycles. The van der Waals surface area contributed by atoms with Crippen molar-refractivity contribution in [3.63, 3.8) is 0 Å². The van der Waals surface area contributed by atoms with Gasteiger partial charge in [0.25, 0.3) is 0 Å². The van der Waals surface area contributed by atoms with E-state index in [-0.39, 0.29) is 51.7 Å². The fourth-order valence-electron chi connectivity index (χ4n) is 4.44. The normalized spacial score (nSPS) is 11.0. The van der Waals surface area contributed by atoms with E-state index >= 15 is 0 Å². The Labute approximate surface area is 224 Å². The molecule has 0 radical (unpaired) electrons. The summed E-state index contributed by atoms with van der Waals surface area (Å²) < 4.78 is 0. The van der Waals surface area contributed by atoms with Crippen LogP contribution in [0.3, 0.4) is 0 Å². The van der Waals surface area contributed by atoms with Crippen LogP contribution in [0, 0.1) is 0 Å². The molecular weight excluding hydrogens is 474 g/mol. The van der Waals surface area contributed by atoms with E-state index in [1.165, 1.54) is 114 Å². The van der Waals surface area contributed by atoms with Crippen molar-refractivity contribution in [3.8, 4) is 0 Å². The molecule has 0 unspecified atom stereocenters. The summed E-state index contributed by atoms with van der Waals surface area (Å²) >= 11 is 0. The second-order valence-electron chi connectivity index (χ2n) is 8.67. The van der Waals surface area contributed by atoms with Gasteiger partial charge in [0.1, 0.15) is 0 Å². The molecule has 2 aromatic rings. The van der Waals surface area contributed by atoms with Crippen LogP contribution in [0.5, 0.6) is 0 Å². The number of hydrogen-bond acceptors (Lipinski definition) is 0. The van der Waals surface area contributed by atoms with E-state index in [0.717, 1.165) is 0 Å². The Balaban J connectivity index is 0. The first-order valence-corrected chi connectivity index (χ1v) is 12.4. The van der Waals surface area contributed by atoms with Crippen LogP contribution in [0.25, 0.3) is 10.8 Å². The number of aryl methyl sites for hydroxylation is 2.